The number of anilines is 2. The number of hydrogen-bond acceptors (Lipinski definition) is 8. The standard InChI is InChI=1S/C29H33N5O3S/c1-36-23-11-9-22(10-12-23)30-27(35)13-16-34(15-5-14-33-17-19-37-20-18-33)29-24-6-2-3-7-25(24)31-28(32-29)26-8-4-21-38-26/h2-4,6-12,21H,5,13-20H2,1H3,(H,30,35). The molecule has 0 spiro atoms. The minimum absolute atomic E-state index is 0.0369. The molecule has 1 N–H and O–H groups in total. The molecule has 5 rings (SSSR count). The number of ether oxygens (including phenoxy) is 2. The van der Waals surface area contributed by atoms with Crippen LogP contribution in [0.5, 0.6) is 5.75 Å². The topological polar surface area (TPSA) is 79.8 Å². The third-order valence-electron chi connectivity index (χ3n) is 6.61. The lowest BCUT2D eigenvalue weighted by Crippen LogP contribution is -2.38. The van der Waals surface area contributed by atoms with E-state index in [2.05, 4.69) is 21.2 Å². The summed E-state index contributed by atoms with van der Waals surface area (Å²) in [6, 6.07) is 19.6. The highest BCUT2D eigenvalue weighted by atomic mass is 32.1. The first-order valence-electron chi connectivity index (χ1n) is 13.0. The number of hydrogen-bond donors (Lipinski definition) is 1. The molecule has 4 aromatic rings. The smallest absolute Gasteiger partial charge is 0.226 e. The zero-order valence-electron chi connectivity index (χ0n) is 21.6. The highest BCUT2D eigenvalue weighted by Crippen LogP contribution is 2.30. The quantitative estimate of drug-likeness (QED) is 0.294. The van der Waals surface area contributed by atoms with Gasteiger partial charge in [0.1, 0.15) is 11.6 Å². The lowest BCUT2D eigenvalue weighted by molar-refractivity contribution is -0.116. The summed E-state index contributed by atoms with van der Waals surface area (Å²) >= 11 is 1.63. The molecular weight excluding hydrogens is 498 g/mol. The van der Waals surface area contributed by atoms with Gasteiger partial charge in [-0.25, -0.2) is 9.97 Å². The summed E-state index contributed by atoms with van der Waals surface area (Å²) in [6.07, 6.45) is 1.31. The predicted octanol–water partition coefficient (Wildman–Crippen LogP) is 4.92. The molecule has 8 nitrogen and oxygen atoms in total. The van der Waals surface area contributed by atoms with Gasteiger partial charge in [-0.1, -0.05) is 18.2 Å². The van der Waals surface area contributed by atoms with Crippen LogP contribution in [0.15, 0.2) is 66.0 Å². The van der Waals surface area contributed by atoms with Gasteiger partial charge in [0.05, 0.1) is 30.7 Å². The summed E-state index contributed by atoms with van der Waals surface area (Å²) in [5.74, 6) is 2.31. The molecular formula is C29H33N5O3S. The van der Waals surface area contributed by atoms with Gasteiger partial charge in [-0.15, -0.1) is 11.3 Å². The van der Waals surface area contributed by atoms with Crippen LogP contribution in [0.1, 0.15) is 12.8 Å². The Labute approximate surface area is 227 Å². The predicted molar refractivity (Wildman–Crippen MR) is 153 cm³/mol. The van der Waals surface area contributed by atoms with Gasteiger partial charge in [0.25, 0.3) is 0 Å². The Morgan fingerprint density at radius 3 is 2.63 bits per heavy atom. The fourth-order valence-corrected chi connectivity index (χ4v) is 5.24. The molecule has 1 amide bonds. The van der Waals surface area contributed by atoms with Crippen molar-refractivity contribution in [3.8, 4) is 16.5 Å². The van der Waals surface area contributed by atoms with Gasteiger partial charge in [0.2, 0.25) is 5.91 Å². The van der Waals surface area contributed by atoms with E-state index in [0.29, 0.717) is 13.0 Å². The second kappa shape index (κ2) is 12.8. The number of fused-ring (bicyclic) bond motifs is 1. The van der Waals surface area contributed by atoms with Crippen LogP contribution in [0.25, 0.3) is 21.6 Å². The molecule has 2 aromatic carbocycles. The first-order chi connectivity index (χ1) is 18.7. The van der Waals surface area contributed by atoms with E-state index in [4.69, 9.17) is 19.4 Å². The van der Waals surface area contributed by atoms with Gasteiger partial charge < -0.3 is 19.7 Å². The average molecular weight is 532 g/mol. The first-order valence-corrected chi connectivity index (χ1v) is 13.9. The summed E-state index contributed by atoms with van der Waals surface area (Å²) < 4.78 is 10.7. The third kappa shape index (κ3) is 6.66. The van der Waals surface area contributed by atoms with E-state index < -0.39 is 0 Å². The average Bonchev–Trinajstić information content (AvgIpc) is 3.51. The maximum Gasteiger partial charge on any atom is 0.226 e. The number of morpholine rings is 1. The minimum Gasteiger partial charge on any atom is -0.497 e. The largest absolute Gasteiger partial charge is 0.497 e. The summed E-state index contributed by atoms with van der Waals surface area (Å²) in [7, 11) is 1.63. The second-order valence-electron chi connectivity index (χ2n) is 9.19. The summed E-state index contributed by atoms with van der Waals surface area (Å²) in [4.78, 5) is 28.5. The second-order valence-corrected chi connectivity index (χ2v) is 10.1. The molecule has 0 aliphatic carbocycles. The molecule has 0 saturated carbocycles. The van der Waals surface area contributed by atoms with Crippen molar-refractivity contribution in [3.63, 3.8) is 0 Å². The van der Waals surface area contributed by atoms with Gasteiger partial charge in [-0.05, 0) is 54.3 Å². The van der Waals surface area contributed by atoms with E-state index in [-0.39, 0.29) is 5.91 Å². The van der Waals surface area contributed by atoms with E-state index in [1.807, 2.05) is 60.0 Å². The van der Waals surface area contributed by atoms with E-state index >= 15 is 0 Å². The zero-order chi connectivity index (χ0) is 26.2. The highest BCUT2D eigenvalue weighted by Gasteiger charge is 2.18. The van der Waals surface area contributed by atoms with Gasteiger partial charge in [-0.3, -0.25) is 9.69 Å². The van der Waals surface area contributed by atoms with Gasteiger partial charge in [-0.2, -0.15) is 0 Å². The van der Waals surface area contributed by atoms with Crippen molar-refractivity contribution in [1.29, 1.82) is 0 Å². The molecule has 9 heteroatoms. The Balaban J connectivity index is 1.36. The number of methoxy groups -OCH3 is 1. The molecule has 0 atom stereocenters. The van der Waals surface area contributed by atoms with E-state index in [1.54, 1.807) is 18.4 Å². The molecule has 1 saturated heterocycles. The molecule has 1 aliphatic heterocycles. The van der Waals surface area contributed by atoms with Crippen LogP contribution in [-0.4, -0.2) is 73.8 Å². The monoisotopic (exact) mass is 531 g/mol. The lowest BCUT2D eigenvalue weighted by Gasteiger charge is -2.29. The number of para-hydroxylation sites is 1. The number of rotatable bonds is 11. The van der Waals surface area contributed by atoms with Crippen LogP contribution in [0.4, 0.5) is 11.5 Å². The van der Waals surface area contributed by atoms with Crippen molar-refractivity contribution < 1.29 is 14.3 Å². The number of benzene rings is 2. The van der Waals surface area contributed by atoms with Crippen molar-refractivity contribution in [2.24, 2.45) is 0 Å². The molecule has 1 fully saturated rings. The first kappa shape index (κ1) is 26.1. The number of nitrogens with zero attached hydrogens (tertiary/aromatic N) is 4. The Bertz CT molecular complexity index is 1320. The Hall–Kier alpha value is -3.53. The van der Waals surface area contributed by atoms with Crippen molar-refractivity contribution in [2.45, 2.75) is 12.8 Å². The normalized spacial score (nSPS) is 13.9. The third-order valence-corrected chi connectivity index (χ3v) is 7.48. The highest BCUT2D eigenvalue weighted by molar-refractivity contribution is 7.13. The van der Waals surface area contributed by atoms with Crippen LogP contribution >= 0.6 is 11.3 Å². The van der Waals surface area contributed by atoms with Crippen LogP contribution < -0.4 is 15.0 Å². The molecule has 2 aromatic heterocycles. The molecule has 38 heavy (non-hydrogen) atoms. The summed E-state index contributed by atoms with van der Waals surface area (Å²) in [5, 5.41) is 6.04. The van der Waals surface area contributed by atoms with Crippen LogP contribution in [0.2, 0.25) is 0 Å². The molecule has 0 radical (unpaired) electrons. The molecule has 198 valence electrons. The van der Waals surface area contributed by atoms with Crippen molar-refractivity contribution in [1.82, 2.24) is 14.9 Å². The molecule has 3 heterocycles. The summed E-state index contributed by atoms with van der Waals surface area (Å²) in [5.41, 5.74) is 1.66. The Kier molecular flexibility index (Phi) is 8.80. The zero-order valence-corrected chi connectivity index (χ0v) is 22.5. The van der Waals surface area contributed by atoms with E-state index in [0.717, 1.165) is 84.7 Å². The fourth-order valence-electron chi connectivity index (χ4n) is 4.58. The number of thiophene rings is 1. The van der Waals surface area contributed by atoms with Gasteiger partial charge >= 0.3 is 0 Å². The lowest BCUT2D eigenvalue weighted by atomic mass is 10.2. The minimum atomic E-state index is -0.0369. The number of nitrogens with one attached hydrogen (secondary N) is 1. The number of carbonyl (C=O) groups is 1. The number of aromatic nitrogens is 2. The number of carbonyl (C=O) groups excluding carboxylic acids is 1. The van der Waals surface area contributed by atoms with E-state index in [1.165, 1.54) is 0 Å². The van der Waals surface area contributed by atoms with Gasteiger partial charge in [0.15, 0.2) is 5.82 Å². The maximum atomic E-state index is 12.9. The molecule has 0 bridgehead atoms. The maximum absolute atomic E-state index is 12.9. The molecule has 0 unspecified atom stereocenters. The Morgan fingerprint density at radius 2 is 1.87 bits per heavy atom. The van der Waals surface area contributed by atoms with Crippen molar-refractivity contribution in [2.75, 3.05) is 63.3 Å². The van der Waals surface area contributed by atoms with Crippen LogP contribution in [-0.2, 0) is 9.53 Å². The Morgan fingerprint density at radius 1 is 1.05 bits per heavy atom. The van der Waals surface area contributed by atoms with Crippen molar-refractivity contribution >= 4 is 39.7 Å². The van der Waals surface area contributed by atoms with Gasteiger partial charge in [0, 0.05) is 50.2 Å². The van der Waals surface area contributed by atoms with Crippen LogP contribution in [0.3, 0.4) is 0 Å². The summed E-state index contributed by atoms with van der Waals surface area (Å²) in [6.45, 7) is 5.82. The SMILES string of the molecule is COc1ccc(NC(=O)CCN(CCCN2CCOCC2)c2nc(-c3cccs3)nc3ccccc23)cc1. The number of amides is 1. The fraction of sp³-hybridized carbons (Fsp3) is 0.345. The molecule has 1 aliphatic rings. The van der Waals surface area contributed by atoms with E-state index in [9.17, 15) is 4.79 Å². The van der Waals surface area contributed by atoms with Crippen LogP contribution in [0, 0.1) is 0 Å². The van der Waals surface area contributed by atoms with Crippen molar-refractivity contribution in [3.05, 3.63) is 66.0 Å².